The molecule has 0 aliphatic rings. The van der Waals surface area contributed by atoms with E-state index in [4.69, 9.17) is 0 Å². The lowest BCUT2D eigenvalue weighted by Crippen LogP contribution is -2.10. The molecule has 0 amide bonds. The van der Waals surface area contributed by atoms with E-state index in [9.17, 15) is 0 Å². The Morgan fingerprint density at radius 1 is 0.565 bits per heavy atom. The van der Waals surface area contributed by atoms with Gasteiger partial charge in [-0.05, 0) is 34.2 Å². The molecule has 1 heteroatoms. The van der Waals surface area contributed by atoms with Gasteiger partial charge in [0.25, 0.3) is 0 Å². The van der Waals surface area contributed by atoms with Gasteiger partial charge in [0.1, 0.15) is 0 Å². The van der Waals surface area contributed by atoms with Gasteiger partial charge in [-0.25, -0.2) is 0 Å². The first-order valence-electron chi connectivity index (χ1n) is 7.87. The molecule has 0 aliphatic heterocycles. The number of hydrogen-bond donors (Lipinski definition) is 1. The molecule has 0 saturated carbocycles. The Kier molecular flexibility index (Phi) is 6.06. The Bertz CT molecular complexity index is 655. The van der Waals surface area contributed by atoms with E-state index in [0.717, 1.165) is 4.90 Å². The summed E-state index contributed by atoms with van der Waals surface area (Å²) < 4.78 is 0. The number of hydrogen-bond acceptors (Lipinski definition) is 1. The van der Waals surface area contributed by atoms with Crippen LogP contribution in [0.2, 0.25) is 0 Å². The lowest BCUT2D eigenvalue weighted by molar-refractivity contribution is 0.590. The van der Waals surface area contributed by atoms with Crippen LogP contribution in [0.3, 0.4) is 0 Å². The first kappa shape index (κ1) is 17.4. The largest absolute Gasteiger partial charge is 0.143 e. The predicted octanol–water partition coefficient (Wildman–Crippen LogP) is 6.63. The van der Waals surface area contributed by atoms with Crippen molar-refractivity contribution in [1.29, 1.82) is 0 Å². The first-order valence-corrected chi connectivity index (χ1v) is 8.31. The topological polar surface area (TPSA) is 0 Å². The molecule has 0 heterocycles. The van der Waals surface area contributed by atoms with Crippen molar-refractivity contribution in [3.63, 3.8) is 0 Å². The molecule has 118 valence electrons. The first-order chi connectivity index (χ1) is 11.0. The highest BCUT2D eigenvalue weighted by Crippen LogP contribution is 2.22. The van der Waals surface area contributed by atoms with Crippen LogP contribution in [0.1, 0.15) is 26.3 Å². The second-order valence-corrected chi connectivity index (χ2v) is 7.05. The highest BCUT2D eigenvalue weighted by atomic mass is 32.1. The van der Waals surface area contributed by atoms with Gasteiger partial charge in [-0.15, -0.1) is 12.6 Å². The average molecular weight is 321 g/mol. The van der Waals surface area contributed by atoms with Crippen molar-refractivity contribution >= 4 is 12.6 Å². The number of thiol groups is 1. The van der Waals surface area contributed by atoms with Crippen LogP contribution in [-0.2, 0) is 5.41 Å². The Morgan fingerprint density at radius 2 is 0.957 bits per heavy atom. The van der Waals surface area contributed by atoms with Crippen LogP contribution in [0, 0.1) is 0 Å². The summed E-state index contributed by atoms with van der Waals surface area (Å²) in [7, 11) is 0. The molecule has 3 aromatic carbocycles. The summed E-state index contributed by atoms with van der Waals surface area (Å²) in [5.74, 6) is 0. The Hall–Kier alpha value is -1.99. The van der Waals surface area contributed by atoms with E-state index in [1.165, 1.54) is 16.7 Å². The van der Waals surface area contributed by atoms with E-state index in [1.54, 1.807) is 0 Å². The maximum atomic E-state index is 4.23. The molecule has 3 rings (SSSR count). The summed E-state index contributed by atoms with van der Waals surface area (Å²) in [6.45, 7) is 6.63. The molecule has 0 N–H and O–H groups in total. The lowest BCUT2D eigenvalue weighted by Gasteiger charge is -2.18. The van der Waals surface area contributed by atoms with Gasteiger partial charge in [0, 0.05) is 4.90 Å². The van der Waals surface area contributed by atoms with Gasteiger partial charge >= 0.3 is 0 Å². The highest BCUT2D eigenvalue weighted by Gasteiger charge is 2.11. The summed E-state index contributed by atoms with van der Waals surface area (Å²) in [4.78, 5) is 1.03. The van der Waals surface area contributed by atoms with Crippen molar-refractivity contribution in [2.45, 2.75) is 31.1 Å². The fourth-order valence-corrected chi connectivity index (χ4v) is 2.37. The summed E-state index contributed by atoms with van der Waals surface area (Å²) >= 11 is 4.23. The maximum Gasteiger partial charge on any atom is 0.00401 e. The van der Waals surface area contributed by atoms with E-state index < -0.39 is 0 Å². The van der Waals surface area contributed by atoms with Crippen LogP contribution in [0.15, 0.2) is 89.8 Å². The van der Waals surface area contributed by atoms with Gasteiger partial charge in [-0.1, -0.05) is 93.6 Å². The Balaban J connectivity index is 0.000000168. The van der Waals surface area contributed by atoms with E-state index in [2.05, 4.69) is 94.1 Å². The minimum absolute atomic E-state index is 0.251. The van der Waals surface area contributed by atoms with Gasteiger partial charge in [-0.3, -0.25) is 0 Å². The van der Waals surface area contributed by atoms with E-state index >= 15 is 0 Å². The molecule has 0 aliphatic carbocycles. The predicted molar refractivity (Wildman–Crippen MR) is 104 cm³/mol. The SMILES string of the molecule is CC(C)(C)c1ccc(S)cc1.c1ccc(-c2ccccc2)cc1. The van der Waals surface area contributed by atoms with Crippen LogP contribution in [0.5, 0.6) is 0 Å². The molecule has 3 aromatic rings. The molecule has 0 atom stereocenters. The quantitative estimate of drug-likeness (QED) is 0.478. The fourth-order valence-electron chi connectivity index (χ4n) is 2.22. The molecule has 23 heavy (non-hydrogen) atoms. The van der Waals surface area contributed by atoms with E-state index in [1.807, 2.05) is 24.3 Å². The number of rotatable bonds is 1. The van der Waals surface area contributed by atoms with Crippen molar-refractivity contribution < 1.29 is 0 Å². The van der Waals surface area contributed by atoms with Crippen LogP contribution < -0.4 is 0 Å². The van der Waals surface area contributed by atoms with Crippen molar-refractivity contribution in [2.75, 3.05) is 0 Å². The smallest absolute Gasteiger partial charge is 0.00401 e. The molecule has 0 unspecified atom stereocenters. The molecule has 0 radical (unpaired) electrons. The second kappa shape index (κ2) is 8.03. The molecule has 0 aromatic heterocycles. The van der Waals surface area contributed by atoms with Crippen LogP contribution in [0.4, 0.5) is 0 Å². The molecule has 0 saturated heterocycles. The van der Waals surface area contributed by atoms with Crippen molar-refractivity contribution in [3.8, 4) is 11.1 Å². The zero-order valence-corrected chi connectivity index (χ0v) is 14.9. The number of benzene rings is 3. The third-order valence-corrected chi connectivity index (χ3v) is 3.91. The molecule has 0 nitrogen and oxygen atoms in total. The van der Waals surface area contributed by atoms with Crippen molar-refractivity contribution in [1.82, 2.24) is 0 Å². The van der Waals surface area contributed by atoms with Crippen molar-refractivity contribution in [3.05, 3.63) is 90.5 Å². The minimum atomic E-state index is 0.251. The average Bonchev–Trinajstić information content (AvgIpc) is 2.57. The third kappa shape index (κ3) is 5.61. The van der Waals surface area contributed by atoms with Gasteiger partial charge in [0.15, 0.2) is 0 Å². The Morgan fingerprint density at radius 3 is 1.30 bits per heavy atom. The Labute approximate surface area is 145 Å². The van der Waals surface area contributed by atoms with Crippen LogP contribution in [-0.4, -0.2) is 0 Å². The van der Waals surface area contributed by atoms with E-state index in [0.29, 0.717) is 0 Å². The van der Waals surface area contributed by atoms with Gasteiger partial charge < -0.3 is 0 Å². The summed E-state index contributed by atoms with van der Waals surface area (Å²) in [5.41, 5.74) is 4.16. The van der Waals surface area contributed by atoms with Gasteiger partial charge in [0.05, 0.1) is 0 Å². The summed E-state index contributed by atoms with van der Waals surface area (Å²) in [6.07, 6.45) is 0. The molecule has 0 bridgehead atoms. The zero-order chi connectivity index (χ0) is 16.7. The van der Waals surface area contributed by atoms with Crippen LogP contribution >= 0.6 is 12.6 Å². The molecule has 0 fully saturated rings. The van der Waals surface area contributed by atoms with Crippen LogP contribution in [0.25, 0.3) is 11.1 Å². The zero-order valence-electron chi connectivity index (χ0n) is 14.0. The minimum Gasteiger partial charge on any atom is -0.143 e. The third-order valence-electron chi connectivity index (χ3n) is 3.61. The van der Waals surface area contributed by atoms with E-state index in [-0.39, 0.29) is 5.41 Å². The van der Waals surface area contributed by atoms with Gasteiger partial charge in [0.2, 0.25) is 0 Å². The monoisotopic (exact) mass is 320 g/mol. The molecule has 0 spiro atoms. The summed E-state index contributed by atoms with van der Waals surface area (Å²) in [6, 6.07) is 29.1. The standard InChI is InChI=1S/C12H10.C10H14S/c1-3-7-11(8-4-1)12-9-5-2-6-10-12;1-10(2,3)8-4-6-9(11)7-5-8/h1-10H;4-7,11H,1-3H3. The second-order valence-electron chi connectivity index (χ2n) is 6.53. The fraction of sp³-hybridized carbons (Fsp3) is 0.182. The lowest BCUT2D eigenvalue weighted by atomic mass is 9.87. The van der Waals surface area contributed by atoms with Crippen molar-refractivity contribution in [2.24, 2.45) is 0 Å². The normalized spacial score (nSPS) is 10.6. The maximum absolute atomic E-state index is 4.23. The van der Waals surface area contributed by atoms with Gasteiger partial charge in [-0.2, -0.15) is 0 Å². The molecular weight excluding hydrogens is 296 g/mol. The summed E-state index contributed by atoms with van der Waals surface area (Å²) in [5, 5.41) is 0. The molecular formula is C22H24S. The highest BCUT2D eigenvalue weighted by molar-refractivity contribution is 7.80.